The normalized spacial score (nSPS) is 11.4. The molecule has 2 N–H and O–H groups in total. The van der Waals surface area contributed by atoms with E-state index >= 15 is 0 Å². The van der Waals surface area contributed by atoms with Crippen molar-refractivity contribution in [3.05, 3.63) is 52.5 Å². The first-order valence-electron chi connectivity index (χ1n) is 8.31. The zero-order valence-corrected chi connectivity index (χ0v) is 16.4. The molecular formula is C19H20Cl2N2O4. The Morgan fingerprint density at radius 2 is 1.81 bits per heavy atom. The maximum atomic E-state index is 12.3. The summed E-state index contributed by atoms with van der Waals surface area (Å²) in [5.74, 6) is 0.369. The third-order valence-corrected chi connectivity index (χ3v) is 3.96. The summed E-state index contributed by atoms with van der Waals surface area (Å²) in [7, 11) is 0. The fourth-order valence-corrected chi connectivity index (χ4v) is 2.54. The molecule has 2 amide bonds. The molecule has 0 radical (unpaired) electrons. The summed E-state index contributed by atoms with van der Waals surface area (Å²) in [4.78, 5) is 23.7. The lowest BCUT2D eigenvalue weighted by Gasteiger charge is -2.16. The highest BCUT2D eigenvalue weighted by Crippen LogP contribution is 2.28. The second-order valence-corrected chi connectivity index (χ2v) is 6.43. The van der Waals surface area contributed by atoms with Crippen LogP contribution in [0.4, 0.5) is 5.69 Å². The molecule has 0 saturated carbocycles. The average molecular weight is 411 g/mol. The first kappa shape index (κ1) is 20.9. The molecular weight excluding hydrogens is 391 g/mol. The molecule has 2 aromatic rings. The molecule has 2 rings (SSSR count). The summed E-state index contributed by atoms with van der Waals surface area (Å²) >= 11 is 11.9. The number of benzene rings is 2. The lowest BCUT2D eigenvalue weighted by atomic mass is 10.2. The van der Waals surface area contributed by atoms with Gasteiger partial charge in [-0.3, -0.25) is 9.59 Å². The van der Waals surface area contributed by atoms with Crippen LogP contribution >= 0.6 is 23.2 Å². The highest BCUT2D eigenvalue weighted by molar-refractivity contribution is 6.35. The maximum Gasteiger partial charge on any atom is 0.265 e. The van der Waals surface area contributed by atoms with Crippen LogP contribution in [0, 0.1) is 0 Å². The van der Waals surface area contributed by atoms with Crippen molar-refractivity contribution in [3.8, 4) is 11.5 Å². The monoisotopic (exact) mass is 410 g/mol. The van der Waals surface area contributed by atoms with Gasteiger partial charge in [-0.25, -0.2) is 0 Å². The number of carbonyl (C=O) groups excluding carboxylic acids is 2. The van der Waals surface area contributed by atoms with Gasteiger partial charge in [-0.2, -0.15) is 0 Å². The van der Waals surface area contributed by atoms with Crippen molar-refractivity contribution in [2.45, 2.75) is 20.0 Å². The van der Waals surface area contributed by atoms with E-state index in [2.05, 4.69) is 10.6 Å². The fourth-order valence-electron chi connectivity index (χ4n) is 2.09. The Morgan fingerprint density at radius 3 is 2.44 bits per heavy atom. The topological polar surface area (TPSA) is 76.7 Å². The number of hydrogen-bond acceptors (Lipinski definition) is 4. The first-order valence-corrected chi connectivity index (χ1v) is 9.06. The zero-order valence-electron chi connectivity index (χ0n) is 14.9. The van der Waals surface area contributed by atoms with Crippen molar-refractivity contribution in [1.82, 2.24) is 5.32 Å². The van der Waals surface area contributed by atoms with E-state index in [-0.39, 0.29) is 18.4 Å². The van der Waals surface area contributed by atoms with Crippen LogP contribution in [0.3, 0.4) is 0 Å². The lowest BCUT2D eigenvalue weighted by molar-refractivity contribution is -0.123. The second-order valence-electron chi connectivity index (χ2n) is 5.59. The third kappa shape index (κ3) is 6.66. The number of nitrogens with one attached hydrogen (secondary N) is 2. The van der Waals surface area contributed by atoms with Crippen molar-refractivity contribution in [2.75, 3.05) is 18.5 Å². The standard InChI is InChI=1S/C19H20Cl2N2O4/c1-3-22-18(24)11-26-15-7-5-14(6-8-15)23-19(25)12(2)27-17-9-4-13(20)10-16(17)21/h4-10,12H,3,11H2,1-2H3,(H,22,24)(H,23,25). The average Bonchev–Trinajstić information content (AvgIpc) is 2.63. The minimum absolute atomic E-state index is 0.0632. The van der Waals surface area contributed by atoms with Gasteiger partial charge in [-0.05, 0) is 56.3 Å². The molecule has 0 heterocycles. The number of halogens is 2. The zero-order chi connectivity index (χ0) is 19.8. The number of hydrogen-bond donors (Lipinski definition) is 2. The van der Waals surface area contributed by atoms with Gasteiger partial charge in [-0.15, -0.1) is 0 Å². The van der Waals surface area contributed by atoms with E-state index in [1.165, 1.54) is 0 Å². The SMILES string of the molecule is CCNC(=O)COc1ccc(NC(=O)C(C)Oc2ccc(Cl)cc2Cl)cc1. The lowest BCUT2D eigenvalue weighted by Crippen LogP contribution is -2.30. The smallest absolute Gasteiger partial charge is 0.265 e. The number of carbonyl (C=O) groups is 2. The van der Waals surface area contributed by atoms with E-state index in [4.69, 9.17) is 32.7 Å². The van der Waals surface area contributed by atoms with E-state index in [9.17, 15) is 9.59 Å². The van der Waals surface area contributed by atoms with E-state index in [1.807, 2.05) is 6.92 Å². The van der Waals surface area contributed by atoms with Crippen molar-refractivity contribution in [2.24, 2.45) is 0 Å². The second kappa shape index (κ2) is 10.0. The van der Waals surface area contributed by atoms with Crippen LogP contribution in [0.1, 0.15) is 13.8 Å². The van der Waals surface area contributed by atoms with Gasteiger partial charge in [0.05, 0.1) is 5.02 Å². The Labute approximate surface area is 167 Å². The molecule has 0 aliphatic carbocycles. The molecule has 2 aromatic carbocycles. The molecule has 0 fully saturated rings. The predicted octanol–water partition coefficient (Wildman–Crippen LogP) is 3.91. The minimum atomic E-state index is -0.766. The summed E-state index contributed by atoms with van der Waals surface area (Å²) in [6.07, 6.45) is -0.766. The summed E-state index contributed by atoms with van der Waals surface area (Å²) < 4.78 is 10.9. The minimum Gasteiger partial charge on any atom is -0.484 e. The first-order chi connectivity index (χ1) is 12.9. The third-order valence-electron chi connectivity index (χ3n) is 3.43. The van der Waals surface area contributed by atoms with Crippen LogP contribution < -0.4 is 20.1 Å². The molecule has 0 aliphatic heterocycles. The van der Waals surface area contributed by atoms with Gasteiger partial charge in [0.15, 0.2) is 12.7 Å². The van der Waals surface area contributed by atoms with E-state index in [1.54, 1.807) is 49.4 Å². The van der Waals surface area contributed by atoms with Gasteiger partial charge in [0.1, 0.15) is 11.5 Å². The Hall–Kier alpha value is -2.44. The summed E-state index contributed by atoms with van der Waals surface area (Å²) in [5.41, 5.74) is 0.572. The molecule has 8 heteroatoms. The van der Waals surface area contributed by atoms with Crippen molar-refractivity contribution in [1.29, 1.82) is 0 Å². The van der Waals surface area contributed by atoms with Crippen LogP contribution in [0.2, 0.25) is 10.0 Å². The highest BCUT2D eigenvalue weighted by Gasteiger charge is 2.16. The quantitative estimate of drug-likeness (QED) is 0.691. The van der Waals surface area contributed by atoms with Crippen molar-refractivity contribution in [3.63, 3.8) is 0 Å². The Kier molecular flexibility index (Phi) is 7.76. The molecule has 0 saturated heterocycles. The molecule has 6 nitrogen and oxygen atoms in total. The van der Waals surface area contributed by atoms with E-state index < -0.39 is 6.10 Å². The van der Waals surface area contributed by atoms with Gasteiger partial charge in [0.2, 0.25) is 0 Å². The van der Waals surface area contributed by atoms with Crippen LogP contribution in [0.25, 0.3) is 0 Å². The molecule has 27 heavy (non-hydrogen) atoms. The van der Waals surface area contributed by atoms with E-state index in [0.717, 1.165) is 0 Å². The molecule has 1 atom stereocenters. The highest BCUT2D eigenvalue weighted by atomic mass is 35.5. The molecule has 1 unspecified atom stereocenters. The summed E-state index contributed by atoms with van der Waals surface area (Å²) in [5, 5.41) is 6.19. The molecule has 0 bridgehead atoms. The van der Waals surface area contributed by atoms with Gasteiger partial charge in [0, 0.05) is 17.3 Å². The fraction of sp³-hybridized carbons (Fsp3) is 0.263. The Bertz CT molecular complexity index is 797. The number of amides is 2. The largest absolute Gasteiger partial charge is 0.484 e. The van der Waals surface area contributed by atoms with Gasteiger partial charge >= 0.3 is 0 Å². The molecule has 0 aromatic heterocycles. The number of ether oxygens (including phenoxy) is 2. The van der Waals surface area contributed by atoms with E-state index in [0.29, 0.717) is 33.8 Å². The van der Waals surface area contributed by atoms with Gasteiger partial charge in [0.25, 0.3) is 11.8 Å². The van der Waals surface area contributed by atoms with Crippen LogP contribution in [0.5, 0.6) is 11.5 Å². The van der Waals surface area contributed by atoms with Gasteiger partial charge < -0.3 is 20.1 Å². The predicted molar refractivity (Wildman–Crippen MR) is 106 cm³/mol. The summed E-state index contributed by atoms with van der Waals surface area (Å²) in [6.45, 7) is 3.94. The summed E-state index contributed by atoms with van der Waals surface area (Å²) in [6, 6.07) is 11.5. The van der Waals surface area contributed by atoms with Crippen LogP contribution in [0.15, 0.2) is 42.5 Å². The molecule has 0 spiro atoms. The van der Waals surface area contributed by atoms with Crippen LogP contribution in [-0.4, -0.2) is 31.1 Å². The molecule has 0 aliphatic rings. The van der Waals surface area contributed by atoms with Crippen molar-refractivity contribution < 1.29 is 19.1 Å². The number of rotatable bonds is 8. The van der Waals surface area contributed by atoms with Crippen molar-refractivity contribution >= 4 is 40.7 Å². The van der Waals surface area contributed by atoms with Crippen LogP contribution in [-0.2, 0) is 9.59 Å². The maximum absolute atomic E-state index is 12.3. The number of likely N-dealkylation sites (N-methyl/N-ethyl adjacent to an activating group) is 1. The van der Waals surface area contributed by atoms with Gasteiger partial charge in [-0.1, -0.05) is 23.2 Å². The Balaban J connectivity index is 1.88. The number of anilines is 1. The molecule has 144 valence electrons. The Morgan fingerprint density at radius 1 is 1.11 bits per heavy atom.